The first-order chi connectivity index (χ1) is 13.5. The van der Waals surface area contributed by atoms with Crippen molar-refractivity contribution in [3.63, 3.8) is 0 Å². The van der Waals surface area contributed by atoms with Gasteiger partial charge < -0.3 is 19.5 Å². The Morgan fingerprint density at radius 3 is 2.46 bits per heavy atom. The molecule has 0 saturated carbocycles. The van der Waals surface area contributed by atoms with Gasteiger partial charge in [0, 0.05) is 51.3 Å². The normalized spacial score (nSPS) is 14.7. The highest BCUT2D eigenvalue weighted by Crippen LogP contribution is 2.13. The molecule has 1 aliphatic rings. The molecule has 2 amide bonds. The summed E-state index contributed by atoms with van der Waals surface area (Å²) in [4.78, 5) is 32.5. The van der Waals surface area contributed by atoms with E-state index in [2.05, 4.69) is 15.2 Å². The standard InChI is InChI=1S/C20H27N5O3/c1-3-28-19(26)14-16-4-6-17(7-5-16)22-20(27)25-12-10-24(11-13-25)15-18-21-8-9-23(18)2/h4-9H,3,10-15H2,1-2H3,(H,22,27). The number of imidazole rings is 1. The summed E-state index contributed by atoms with van der Waals surface area (Å²) < 4.78 is 6.96. The van der Waals surface area contributed by atoms with Crippen molar-refractivity contribution < 1.29 is 14.3 Å². The van der Waals surface area contributed by atoms with Crippen LogP contribution in [-0.4, -0.2) is 64.1 Å². The van der Waals surface area contributed by atoms with Gasteiger partial charge in [-0.05, 0) is 24.6 Å². The van der Waals surface area contributed by atoms with Crippen LogP contribution in [0.3, 0.4) is 0 Å². The average molecular weight is 385 g/mol. The van der Waals surface area contributed by atoms with E-state index in [0.717, 1.165) is 31.0 Å². The van der Waals surface area contributed by atoms with Crippen LogP contribution >= 0.6 is 0 Å². The molecule has 1 N–H and O–H groups in total. The van der Waals surface area contributed by atoms with Crippen molar-refractivity contribution in [1.29, 1.82) is 0 Å². The number of hydrogen-bond acceptors (Lipinski definition) is 5. The Bertz CT molecular complexity index is 794. The molecule has 0 atom stereocenters. The minimum atomic E-state index is -0.248. The largest absolute Gasteiger partial charge is 0.466 e. The van der Waals surface area contributed by atoms with E-state index in [4.69, 9.17) is 4.74 Å². The summed E-state index contributed by atoms with van der Waals surface area (Å²) in [6.45, 7) is 5.95. The molecule has 2 heterocycles. The highest BCUT2D eigenvalue weighted by atomic mass is 16.5. The molecule has 2 aromatic rings. The second-order valence-electron chi connectivity index (χ2n) is 6.83. The third-order valence-corrected chi connectivity index (χ3v) is 4.80. The van der Waals surface area contributed by atoms with Crippen LogP contribution < -0.4 is 5.32 Å². The van der Waals surface area contributed by atoms with Crippen molar-refractivity contribution in [3.05, 3.63) is 48.0 Å². The first kappa shape index (κ1) is 19.9. The first-order valence-electron chi connectivity index (χ1n) is 9.54. The molecule has 1 aromatic carbocycles. The zero-order valence-electron chi connectivity index (χ0n) is 16.4. The lowest BCUT2D eigenvalue weighted by molar-refractivity contribution is -0.142. The van der Waals surface area contributed by atoms with Gasteiger partial charge in [-0.2, -0.15) is 0 Å². The third-order valence-electron chi connectivity index (χ3n) is 4.80. The van der Waals surface area contributed by atoms with Crippen molar-refractivity contribution in [2.75, 3.05) is 38.1 Å². The molecule has 0 aliphatic carbocycles. The summed E-state index contributed by atoms with van der Waals surface area (Å²) in [7, 11) is 1.99. The van der Waals surface area contributed by atoms with Crippen molar-refractivity contribution in [3.8, 4) is 0 Å². The van der Waals surface area contributed by atoms with Crippen LogP contribution in [0.2, 0.25) is 0 Å². The highest BCUT2D eigenvalue weighted by molar-refractivity contribution is 5.89. The Labute approximate surface area is 165 Å². The number of carbonyl (C=O) groups excluding carboxylic acids is 2. The number of aromatic nitrogens is 2. The van der Waals surface area contributed by atoms with Crippen molar-refractivity contribution in [1.82, 2.24) is 19.4 Å². The number of carbonyl (C=O) groups is 2. The van der Waals surface area contributed by atoms with E-state index in [0.29, 0.717) is 25.4 Å². The number of urea groups is 1. The smallest absolute Gasteiger partial charge is 0.321 e. The van der Waals surface area contributed by atoms with E-state index in [1.54, 1.807) is 13.1 Å². The lowest BCUT2D eigenvalue weighted by Gasteiger charge is -2.34. The van der Waals surface area contributed by atoms with Crippen LogP contribution in [0.15, 0.2) is 36.7 Å². The van der Waals surface area contributed by atoms with Gasteiger partial charge in [-0.1, -0.05) is 12.1 Å². The minimum absolute atomic E-state index is 0.102. The fraction of sp³-hybridized carbons (Fsp3) is 0.450. The number of rotatable bonds is 6. The molecule has 0 radical (unpaired) electrons. The number of hydrogen-bond donors (Lipinski definition) is 1. The number of piperazine rings is 1. The minimum Gasteiger partial charge on any atom is -0.466 e. The van der Waals surface area contributed by atoms with Crippen LogP contribution in [0.1, 0.15) is 18.3 Å². The van der Waals surface area contributed by atoms with Crippen LogP contribution in [0.5, 0.6) is 0 Å². The topological polar surface area (TPSA) is 79.7 Å². The van der Waals surface area contributed by atoms with E-state index in [1.807, 2.05) is 47.0 Å². The maximum absolute atomic E-state index is 12.5. The summed E-state index contributed by atoms with van der Waals surface area (Å²) in [6, 6.07) is 7.18. The molecule has 0 spiro atoms. The van der Waals surface area contributed by atoms with Crippen LogP contribution in [0, 0.1) is 0 Å². The van der Waals surface area contributed by atoms with Gasteiger partial charge in [0.25, 0.3) is 0 Å². The molecular weight excluding hydrogens is 358 g/mol. The predicted octanol–water partition coefficient (Wildman–Crippen LogP) is 1.88. The Kier molecular flexibility index (Phi) is 6.65. The zero-order chi connectivity index (χ0) is 19.9. The number of nitrogens with zero attached hydrogens (tertiary/aromatic N) is 4. The van der Waals surface area contributed by atoms with E-state index >= 15 is 0 Å². The van der Waals surface area contributed by atoms with E-state index in [1.165, 1.54) is 0 Å². The number of anilines is 1. The van der Waals surface area contributed by atoms with Gasteiger partial charge in [0.15, 0.2) is 0 Å². The lowest BCUT2D eigenvalue weighted by atomic mass is 10.1. The Morgan fingerprint density at radius 1 is 1.14 bits per heavy atom. The molecule has 28 heavy (non-hydrogen) atoms. The van der Waals surface area contributed by atoms with Gasteiger partial charge >= 0.3 is 12.0 Å². The van der Waals surface area contributed by atoms with Crippen LogP contribution in [0.4, 0.5) is 10.5 Å². The van der Waals surface area contributed by atoms with E-state index < -0.39 is 0 Å². The van der Waals surface area contributed by atoms with Crippen LogP contribution in [-0.2, 0) is 29.5 Å². The number of aryl methyl sites for hydroxylation is 1. The quantitative estimate of drug-likeness (QED) is 0.768. The van der Waals surface area contributed by atoms with Gasteiger partial charge in [-0.3, -0.25) is 9.69 Å². The van der Waals surface area contributed by atoms with Gasteiger partial charge in [0.1, 0.15) is 5.82 Å². The maximum atomic E-state index is 12.5. The predicted molar refractivity (Wildman–Crippen MR) is 106 cm³/mol. The number of nitrogens with one attached hydrogen (secondary N) is 1. The van der Waals surface area contributed by atoms with Gasteiger partial charge in [0.2, 0.25) is 0 Å². The van der Waals surface area contributed by atoms with Crippen molar-refractivity contribution in [2.24, 2.45) is 7.05 Å². The highest BCUT2D eigenvalue weighted by Gasteiger charge is 2.22. The molecule has 1 saturated heterocycles. The Balaban J connectivity index is 1.45. The second kappa shape index (κ2) is 9.36. The fourth-order valence-electron chi connectivity index (χ4n) is 3.15. The van der Waals surface area contributed by atoms with Gasteiger partial charge in [-0.15, -0.1) is 0 Å². The summed E-state index contributed by atoms with van der Waals surface area (Å²) in [5, 5.41) is 2.92. The Morgan fingerprint density at radius 2 is 1.86 bits per heavy atom. The van der Waals surface area contributed by atoms with Crippen molar-refractivity contribution in [2.45, 2.75) is 19.9 Å². The van der Waals surface area contributed by atoms with Crippen LogP contribution in [0.25, 0.3) is 0 Å². The molecule has 1 aliphatic heterocycles. The molecule has 0 bridgehead atoms. The first-order valence-corrected chi connectivity index (χ1v) is 9.54. The number of benzene rings is 1. The number of esters is 1. The second-order valence-corrected chi connectivity index (χ2v) is 6.83. The third kappa shape index (κ3) is 5.32. The molecule has 150 valence electrons. The molecule has 1 fully saturated rings. The van der Waals surface area contributed by atoms with Crippen molar-refractivity contribution >= 4 is 17.7 Å². The molecular formula is C20H27N5O3. The van der Waals surface area contributed by atoms with E-state index in [-0.39, 0.29) is 18.4 Å². The van der Waals surface area contributed by atoms with Gasteiger partial charge in [0.05, 0.1) is 19.6 Å². The number of ether oxygens (including phenoxy) is 1. The zero-order valence-corrected chi connectivity index (χ0v) is 16.4. The summed E-state index contributed by atoms with van der Waals surface area (Å²) >= 11 is 0. The average Bonchev–Trinajstić information content (AvgIpc) is 3.08. The maximum Gasteiger partial charge on any atom is 0.321 e. The van der Waals surface area contributed by atoms with Gasteiger partial charge in [-0.25, -0.2) is 9.78 Å². The van der Waals surface area contributed by atoms with E-state index in [9.17, 15) is 9.59 Å². The SMILES string of the molecule is CCOC(=O)Cc1ccc(NC(=O)N2CCN(Cc3nccn3C)CC2)cc1. The monoisotopic (exact) mass is 385 g/mol. The summed E-state index contributed by atoms with van der Waals surface area (Å²) in [6.07, 6.45) is 3.98. The fourth-order valence-corrected chi connectivity index (χ4v) is 3.15. The summed E-state index contributed by atoms with van der Waals surface area (Å²) in [5.41, 5.74) is 1.58. The molecule has 0 unspecified atom stereocenters. The molecule has 3 rings (SSSR count). The molecule has 8 heteroatoms. The molecule has 8 nitrogen and oxygen atoms in total. The molecule has 1 aromatic heterocycles. The lowest BCUT2D eigenvalue weighted by Crippen LogP contribution is -2.49. The summed E-state index contributed by atoms with van der Waals surface area (Å²) in [5.74, 6) is 0.781. The Hall–Kier alpha value is -2.87. The number of amides is 2.